The van der Waals surface area contributed by atoms with E-state index in [2.05, 4.69) is 17.4 Å². The van der Waals surface area contributed by atoms with Crippen LogP contribution in [0, 0.1) is 0 Å². The van der Waals surface area contributed by atoms with Gasteiger partial charge in [0.05, 0.1) is 19.8 Å². The molecule has 0 spiro atoms. The number of hydrogen-bond donors (Lipinski definition) is 1. The van der Waals surface area contributed by atoms with Crippen LogP contribution in [0.2, 0.25) is 0 Å². The molecule has 0 aliphatic carbocycles. The van der Waals surface area contributed by atoms with Gasteiger partial charge in [0, 0.05) is 26.9 Å². The molecule has 0 bridgehead atoms. The van der Waals surface area contributed by atoms with E-state index < -0.39 is 0 Å². The third-order valence-electron chi connectivity index (χ3n) is 2.81. The summed E-state index contributed by atoms with van der Waals surface area (Å²) in [5.41, 5.74) is 1.24. The summed E-state index contributed by atoms with van der Waals surface area (Å²) in [5, 5.41) is 3.11. The van der Waals surface area contributed by atoms with Gasteiger partial charge in [-0.25, -0.2) is 0 Å². The second kappa shape index (κ2) is 12.6. The van der Waals surface area contributed by atoms with Gasteiger partial charge in [-0.2, -0.15) is 0 Å². The lowest BCUT2D eigenvalue weighted by atomic mass is 10.2. The molecule has 5 heteroatoms. The van der Waals surface area contributed by atoms with E-state index in [9.17, 15) is 0 Å². The molecule has 1 N–H and O–H groups in total. The Morgan fingerprint density at radius 2 is 1.52 bits per heavy atom. The van der Waals surface area contributed by atoms with Crippen molar-refractivity contribution >= 4 is 0 Å². The molecule has 0 amide bonds. The minimum absolute atomic E-state index is 0.565. The molecule has 0 heterocycles. The zero-order valence-corrected chi connectivity index (χ0v) is 13.1. The molecule has 0 atom stereocenters. The van der Waals surface area contributed by atoms with Gasteiger partial charge in [0.2, 0.25) is 0 Å². The predicted octanol–water partition coefficient (Wildman–Crippen LogP) is 1.85. The monoisotopic (exact) mass is 297 g/mol. The lowest BCUT2D eigenvalue weighted by Crippen LogP contribution is -2.10. The lowest BCUT2D eigenvalue weighted by molar-refractivity contribution is 0.0459. The van der Waals surface area contributed by atoms with Crippen LogP contribution in [0.5, 0.6) is 5.75 Å². The van der Waals surface area contributed by atoms with Crippen molar-refractivity contribution in [2.24, 2.45) is 0 Å². The Morgan fingerprint density at radius 1 is 0.857 bits per heavy atom. The van der Waals surface area contributed by atoms with Gasteiger partial charge in [-0.15, -0.1) is 0 Å². The topological polar surface area (TPSA) is 49.0 Å². The smallest absolute Gasteiger partial charge is 0.119 e. The normalized spacial score (nSPS) is 10.8. The first-order valence-electron chi connectivity index (χ1n) is 7.37. The highest BCUT2D eigenvalue weighted by Gasteiger charge is 1.96. The number of hydrogen-bond acceptors (Lipinski definition) is 5. The number of nitrogens with one attached hydrogen (secondary N) is 1. The van der Waals surface area contributed by atoms with Gasteiger partial charge in [-0.3, -0.25) is 0 Å². The molecular formula is C16H27NO4. The van der Waals surface area contributed by atoms with Crippen LogP contribution < -0.4 is 10.1 Å². The highest BCUT2D eigenvalue weighted by Crippen LogP contribution is 2.11. The number of ether oxygens (including phenoxy) is 4. The number of rotatable bonds is 13. The fraction of sp³-hybridized carbons (Fsp3) is 0.625. The summed E-state index contributed by atoms with van der Waals surface area (Å²) in [5.74, 6) is 0.876. The van der Waals surface area contributed by atoms with Gasteiger partial charge in [-0.05, 0) is 31.2 Å². The first-order chi connectivity index (χ1) is 10.4. The standard InChI is InChI=1S/C16H27NO4/c1-17-14-15-4-6-16(7-5-15)21-13-12-20-9-3-8-19-11-10-18-2/h4-7,17H,3,8-14H2,1-2H3. The van der Waals surface area contributed by atoms with Crippen molar-refractivity contribution in [3.63, 3.8) is 0 Å². The molecule has 0 saturated carbocycles. The zero-order valence-electron chi connectivity index (χ0n) is 13.1. The van der Waals surface area contributed by atoms with Crippen LogP contribution in [0.15, 0.2) is 24.3 Å². The first kappa shape index (κ1) is 17.9. The van der Waals surface area contributed by atoms with Crippen LogP contribution in [-0.2, 0) is 20.8 Å². The van der Waals surface area contributed by atoms with Crippen molar-refractivity contribution in [1.29, 1.82) is 0 Å². The lowest BCUT2D eigenvalue weighted by Gasteiger charge is -2.08. The summed E-state index contributed by atoms with van der Waals surface area (Å²) >= 11 is 0. The summed E-state index contributed by atoms with van der Waals surface area (Å²) in [6, 6.07) is 8.08. The highest BCUT2D eigenvalue weighted by molar-refractivity contribution is 5.27. The Morgan fingerprint density at radius 3 is 2.14 bits per heavy atom. The maximum Gasteiger partial charge on any atom is 0.119 e. The molecule has 0 aliphatic rings. The molecule has 0 radical (unpaired) electrons. The van der Waals surface area contributed by atoms with Crippen LogP contribution in [0.3, 0.4) is 0 Å². The van der Waals surface area contributed by atoms with Gasteiger partial charge in [0.25, 0.3) is 0 Å². The Balaban J connectivity index is 1.94. The fourth-order valence-electron chi connectivity index (χ4n) is 1.74. The molecule has 120 valence electrons. The Bertz CT molecular complexity index is 343. The van der Waals surface area contributed by atoms with Gasteiger partial charge in [0.1, 0.15) is 12.4 Å². The number of methoxy groups -OCH3 is 1. The number of benzene rings is 1. The van der Waals surface area contributed by atoms with E-state index in [1.165, 1.54) is 5.56 Å². The average Bonchev–Trinajstić information content (AvgIpc) is 2.51. The zero-order chi connectivity index (χ0) is 15.2. The van der Waals surface area contributed by atoms with E-state index in [1.807, 2.05) is 19.2 Å². The summed E-state index contributed by atoms with van der Waals surface area (Å²) in [4.78, 5) is 0. The minimum atomic E-state index is 0.565. The Labute approximate surface area is 127 Å². The van der Waals surface area contributed by atoms with E-state index in [0.717, 1.165) is 18.7 Å². The van der Waals surface area contributed by atoms with Gasteiger partial charge in [0.15, 0.2) is 0 Å². The van der Waals surface area contributed by atoms with Crippen molar-refractivity contribution in [1.82, 2.24) is 5.32 Å². The third kappa shape index (κ3) is 9.42. The largest absolute Gasteiger partial charge is 0.491 e. The second-order valence-electron chi connectivity index (χ2n) is 4.59. The molecule has 0 aliphatic heterocycles. The van der Waals surface area contributed by atoms with Crippen molar-refractivity contribution in [2.75, 3.05) is 53.8 Å². The van der Waals surface area contributed by atoms with Crippen LogP contribution in [0.4, 0.5) is 0 Å². The van der Waals surface area contributed by atoms with Crippen LogP contribution in [0.25, 0.3) is 0 Å². The molecule has 0 fully saturated rings. The maximum absolute atomic E-state index is 5.61. The van der Waals surface area contributed by atoms with E-state index in [0.29, 0.717) is 39.6 Å². The Kier molecular flexibility index (Phi) is 10.7. The first-order valence-corrected chi connectivity index (χ1v) is 7.37. The average molecular weight is 297 g/mol. The molecule has 5 nitrogen and oxygen atoms in total. The van der Waals surface area contributed by atoms with E-state index in [1.54, 1.807) is 7.11 Å². The van der Waals surface area contributed by atoms with Crippen molar-refractivity contribution in [3.8, 4) is 5.75 Å². The molecule has 1 aromatic carbocycles. The SMILES string of the molecule is CNCc1ccc(OCCOCCCOCCOC)cc1. The third-order valence-corrected chi connectivity index (χ3v) is 2.81. The summed E-state index contributed by atoms with van der Waals surface area (Å²) in [6.45, 7) is 4.71. The van der Waals surface area contributed by atoms with Crippen LogP contribution in [-0.4, -0.2) is 53.8 Å². The van der Waals surface area contributed by atoms with Crippen LogP contribution in [0.1, 0.15) is 12.0 Å². The van der Waals surface area contributed by atoms with Crippen molar-refractivity contribution < 1.29 is 18.9 Å². The van der Waals surface area contributed by atoms with E-state index in [-0.39, 0.29) is 0 Å². The highest BCUT2D eigenvalue weighted by atomic mass is 16.5. The van der Waals surface area contributed by atoms with E-state index >= 15 is 0 Å². The molecule has 0 aromatic heterocycles. The molecular weight excluding hydrogens is 270 g/mol. The van der Waals surface area contributed by atoms with E-state index in [4.69, 9.17) is 18.9 Å². The molecule has 1 rings (SSSR count). The minimum Gasteiger partial charge on any atom is -0.491 e. The maximum atomic E-state index is 5.61. The Hall–Kier alpha value is -1.14. The van der Waals surface area contributed by atoms with Crippen molar-refractivity contribution in [2.45, 2.75) is 13.0 Å². The summed E-state index contributed by atoms with van der Waals surface area (Å²) in [6.07, 6.45) is 0.891. The fourth-order valence-corrected chi connectivity index (χ4v) is 1.74. The molecule has 1 aromatic rings. The van der Waals surface area contributed by atoms with Crippen molar-refractivity contribution in [3.05, 3.63) is 29.8 Å². The summed E-state index contributed by atoms with van der Waals surface area (Å²) < 4.78 is 21.3. The molecule has 0 unspecified atom stereocenters. The quantitative estimate of drug-likeness (QED) is 0.563. The van der Waals surface area contributed by atoms with Gasteiger partial charge < -0.3 is 24.3 Å². The molecule has 21 heavy (non-hydrogen) atoms. The summed E-state index contributed by atoms with van der Waals surface area (Å²) in [7, 11) is 3.60. The van der Waals surface area contributed by atoms with Gasteiger partial charge in [-0.1, -0.05) is 12.1 Å². The van der Waals surface area contributed by atoms with Gasteiger partial charge >= 0.3 is 0 Å². The predicted molar refractivity (Wildman–Crippen MR) is 82.8 cm³/mol. The van der Waals surface area contributed by atoms with Crippen LogP contribution >= 0.6 is 0 Å². The second-order valence-corrected chi connectivity index (χ2v) is 4.59. The molecule has 0 saturated heterocycles.